The molecule has 82 valence electrons. The van der Waals surface area contributed by atoms with Crippen molar-refractivity contribution in [2.45, 2.75) is 0 Å². The van der Waals surface area contributed by atoms with Gasteiger partial charge in [0.05, 0.1) is 0 Å². The fourth-order valence-electron chi connectivity index (χ4n) is 0.0896. The molecule has 0 aromatic heterocycles. The summed E-state index contributed by atoms with van der Waals surface area (Å²) in [6.45, 7) is 0. The average molecular weight is 323 g/mol. The minimum absolute atomic E-state index is 0. The van der Waals surface area contributed by atoms with Gasteiger partial charge in [0.15, 0.2) is 0 Å². The van der Waals surface area contributed by atoms with Crippen molar-refractivity contribution in [3.8, 4) is 0 Å². The third kappa shape index (κ3) is 13.1. The molecule has 1 heterocycles. The van der Waals surface area contributed by atoms with Crippen molar-refractivity contribution in [1.82, 2.24) is 0 Å². The molecule has 12 heavy (non-hydrogen) atoms. The molecule has 1 aliphatic rings. The molecule has 0 atom stereocenters. The van der Waals surface area contributed by atoms with Crippen LogP contribution < -0.4 is 0 Å². The first-order chi connectivity index (χ1) is 2.71. The Kier molecular flexibility index (Phi) is 45.8. The second kappa shape index (κ2) is 14.0. The maximum atomic E-state index is 9.68. The summed E-state index contributed by atoms with van der Waals surface area (Å²) in [5.41, 5.74) is 0. The molecule has 0 saturated carbocycles. The molecule has 1 rings (SSSR count). The first-order valence-corrected chi connectivity index (χ1v) is 4.74. The Balaban J connectivity index is -0.0000000150. The van der Waals surface area contributed by atoms with Crippen LogP contribution >= 0.6 is 0 Å². The van der Waals surface area contributed by atoms with Crippen molar-refractivity contribution >= 4 is 32.4 Å². The Morgan fingerprint density at radius 1 is 0.750 bits per heavy atom. The van der Waals surface area contributed by atoms with E-state index < -0.39 is 32.4 Å². The summed E-state index contributed by atoms with van der Waals surface area (Å²) in [6.07, 6.45) is 0. The van der Waals surface area contributed by atoms with Crippen molar-refractivity contribution in [3.05, 3.63) is 0 Å². The van der Waals surface area contributed by atoms with Gasteiger partial charge in [-0.15, -0.1) is 0 Å². The fourth-order valence-corrected chi connectivity index (χ4v) is 1.80. The van der Waals surface area contributed by atoms with Crippen molar-refractivity contribution in [3.63, 3.8) is 0 Å². The summed E-state index contributed by atoms with van der Waals surface area (Å²) < 4.78 is 27.4. The molecule has 1 aliphatic heterocycles. The first-order valence-electron chi connectivity index (χ1n) is 1.07. The molecule has 2 radical (unpaired) electrons. The Labute approximate surface area is 79.0 Å². The predicted molar refractivity (Wildman–Crippen MR) is 38.5 cm³/mol. The van der Waals surface area contributed by atoms with Crippen LogP contribution in [0.5, 0.6) is 0 Å². The van der Waals surface area contributed by atoms with Crippen molar-refractivity contribution in [2.75, 3.05) is 0 Å². The molecule has 0 spiro atoms. The van der Waals surface area contributed by atoms with Gasteiger partial charge in [0.2, 0.25) is 0 Å². The van der Waals surface area contributed by atoms with Gasteiger partial charge in [-0.05, 0) is 0 Å². The van der Waals surface area contributed by atoms with E-state index in [0.29, 0.717) is 0 Å². The zero-order valence-electron chi connectivity index (χ0n) is 5.54. The Hall–Kier alpha value is 0.429. The molecule has 0 aliphatic carbocycles. The summed E-state index contributed by atoms with van der Waals surface area (Å²) in [5, 5.41) is 0. The molecule has 1 fully saturated rings. The molecule has 0 aromatic carbocycles. The van der Waals surface area contributed by atoms with Gasteiger partial charge in [-0.1, -0.05) is 0 Å². The third-order valence-corrected chi connectivity index (χ3v) is 5.48. The van der Waals surface area contributed by atoms with Crippen LogP contribution in [-0.4, -0.2) is 63.2 Å². The first kappa shape index (κ1) is 39.3. The van der Waals surface area contributed by atoms with E-state index in [4.69, 9.17) is 0 Å². The fraction of sp³-hybridized carbons (Fsp3) is 0. The van der Waals surface area contributed by atoms with Crippen LogP contribution in [-0.2, 0) is 15.4 Å². The van der Waals surface area contributed by atoms with Crippen LogP contribution in [0.3, 0.4) is 0 Å². The molecule has 12 heteroatoms. The second-order valence-corrected chi connectivity index (χ2v) is 5.14. The Morgan fingerprint density at radius 2 is 0.917 bits per heavy atom. The summed E-state index contributed by atoms with van der Waals surface area (Å²) in [7, 11) is -3.41. The van der Waals surface area contributed by atoms with Crippen molar-refractivity contribution < 1.29 is 46.3 Å². The standard InChI is InChI=1S/H2O4S.6H2O.Sn/c1-5(2,3)4;;;;;;;/h(H2,1,2,3,4);6*1H2;/q;;;;;;;+2/p-2. The van der Waals surface area contributed by atoms with Gasteiger partial charge in [0, 0.05) is 0 Å². The number of hydrogen-bond donors (Lipinski definition) is 0. The minimum atomic E-state index is -3.41. The average Bonchev–Trinajstić information content (AvgIpc) is 1.32. The normalized spacial score (nSPS) is 14.3. The van der Waals surface area contributed by atoms with Crippen LogP contribution in [0.1, 0.15) is 0 Å². The molecular formula is H12O10SSn. The van der Waals surface area contributed by atoms with Gasteiger partial charge in [0.25, 0.3) is 0 Å². The van der Waals surface area contributed by atoms with Crippen LogP contribution in [0.25, 0.3) is 0 Å². The van der Waals surface area contributed by atoms with E-state index in [2.05, 4.69) is 5.04 Å². The Bertz CT molecular complexity index is 124. The SMILES string of the molecule is O.O.O.O.O.O.O=S1(=O)[O][Sn][O]1. The van der Waals surface area contributed by atoms with Gasteiger partial charge in [-0.2, -0.15) is 0 Å². The van der Waals surface area contributed by atoms with Gasteiger partial charge in [-0.25, -0.2) is 0 Å². The van der Waals surface area contributed by atoms with Gasteiger partial charge in [0.1, 0.15) is 0 Å². The Morgan fingerprint density at radius 3 is 0.917 bits per heavy atom. The van der Waals surface area contributed by atoms with Crippen LogP contribution in [0.4, 0.5) is 0 Å². The van der Waals surface area contributed by atoms with Gasteiger partial charge >= 0.3 is 45.8 Å². The summed E-state index contributed by atoms with van der Waals surface area (Å²) in [4.78, 5) is 0. The van der Waals surface area contributed by atoms with Crippen LogP contribution in [0, 0.1) is 0 Å². The van der Waals surface area contributed by atoms with Gasteiger partial charge < -0.3 is 32.9 Å². The van der Waals surface area contributed by atoms with E-state index in [0.717, 1.165) is 0 Å². The molecular weight excluding hydrogens is 311 g/mol. The summed E-state index contributed by atoms with van der Waals surface area (Å²) in [5.74, 6) is 0. The molecule has 0 aromatic rings. The topological polar surface area (TPSA) is 242 Å². The molecule has 0 amide bonds. The molecule has 0 bridgehead atoms. The van der Waals surface area contributed by atoms with E-state index >= 15 is 0 Å². The summed E-state index contributed by atoms with van der Waals surface area (Å²) in [6, 6.07) is 0. The quantitative estimate of drug-likeness (QED) is 0.395. The second-order valence-electron chi connectivity index (χ2n) is 0.658. The van der Waals surface area contributed by atoms with E-state index in [-0.39, 0.29) is 32.9 Å². The maximum absolute atomic E-state index is 9.68. The third-order valence-electron chi connectivity index (χ3n) is 0.272. The molecule has 10 nitrogen and oxygen atoms in total. The van der Waals surface area contributed by atoms with Crippen molar-refractivity contribution in [1.29, 1.82) is 0 Å². The number of rotatable bonds is 0. The molecule has 12 N–H and O–H groups in total. The van der Waals surface area contributed by atoms with Crippen LogP contribution in [0.2, 0.25) is 0 Å². The van der Waals surface area contributed by atoms with Gasteiger partial charge in [-0.3, -0.25) is 0 Å². The summed E-state index contributed by atoms with van der Waals surface area (Å²) >= 11 is -1.30. The van der Waals surface area contributed by atoms with Crippen molar-refractivity contribution in [2.24, 2.45) is 0 Å². The zero-order valence-corrected chi connectivity index (χ0v) is 9.21. The number of hydrogen-bond acceptors (Lipinski definition) is 4. The molecule has 0 unspecified atom stereocenters. The monoisotopic (exact) mass is 324 g/mol. The van der Waals surface area contributed by atoms with E-state index in [1.165, 1.54) is 0 Å². The van der Waals surface area contributed by atoms with Crippen LogP contribution in [0.15, 0.2) is 0 Å². The zero-order chi connectivity index (χ0) is 4.62. The predicted octanol–water partition coefficient (Wildman–Crippen LogP) is -6.14. The van der Waals surface area contributed by atoms with E-state index in [1.54, 1.807) is 0 Å². The van der Waals surface area contributed by atoms with E-state index in [1.807, 2.05) is 0 Å². The molecule has 1 saturated heterocycles. The van der Waals surface area contributed by atoms with E-state index in [9.17, 15) is 8.42 Å².